The maximum atomic E-state index is 12.1. The summed E-state index contributed by atoms with van der Waals surface area (Å²) in [6, 6.07) is 7.57. The molecule has 0 aromatic heterocycles. The number of fused-ring (bicyclic) bond motifs is 1. The molecule has 0 unspecified atom stereocenters. The first kappa shape index (κ1) is 21.5. The van der Waals surface area contributed by atoms with Crippen molar-refractivity contribution in [3.8, 4) is 0 Å². The van der Waals surface area contributed by atoms with E-state index in [0.717, 1.165) is 23.5 Å². The van der Waals surface area contributed by atoms with Crippen molar-refractivity contribution in [2.75, 3.05) is 11.9 Å². The molecule has 0 saturated heterocycles. The minimum Gasteiger partial charge on any atom is -0.361 e. The molecular formula is C19H28N4O2S2. The van der Waals surface area contributed by atoms with E-state index in [1.165, 1.54) is 31.0 Å². The van der Waals surface area contributed by atoms with Gasteiger partial charge >= 0.3 is 0 Å². The molecule has 1 heterocycles. The van der Waals surface area contributed by atoms with Crippen molar-refractivity contribution in [3.05, 3.63) is 24.3 Å². The molecule has 1 aliphatic rings. The summed E-state index contributed by atoms with van der Waals surface area (Å²) in [5.41, 5.74) is 6.07. The summed E-state index contributed by atoms with van der Waals surface area (Å²) in [5.74, 6) is 0.0898. The number of carbonyl (C=O) groups is 2. The third-order valence-electron chi connectivity index (χ3n) is 4.30. The first-order valence-corrected chi connectivity index (χ1v) is 10.7. The molecule has 0 spiro atoms. The average molecular weight is 409 g/mol. The lowest BCUT2D eigenvalue weighted by atomic mass is 10.0. The molecule has 2 atom stereocenters. The highest BCUT2D eigenvalue weighted by Gasteiger charge is 2.28. The van der Waals surface area contributed by atoms with E-state index in [1.807, 2.05) is 24.3 Å². The number of hydrogen-bond donors (Lipinski definition) is 4. The maximum Gasteiger partial charge on any atom is 0.240 e. The molecule has 0 radical (unpaired) electrons. The number of thiocarbonyl (C=S) groups is 1. The monoisotopic (exact) mass is 408 g/mol. The number of unbranched alkanes of at least 4 members (excludes halogenated alkanes) is 2. The minimum atomic E-state index is -0.457. The van der Waals surface area contributed by atoms with Gasteiger partial charge in [0.2, 0.25) is 11.8 Å². The van der Waals surface area contributed by atoms with Crippen molar-refractivity contribution in [3.63, 3.8) is 0 Å². The van der Waals surface area contributed by atoms with Crippen LogP contribution in [0.4, 0.5) is 5.69 Å². The highest BCUT2D eigenvalue weighted by atomic mass is 32.2. The molecule has 27 heavy (non-hydrogen) atoms. The van der Waals surface area contributed by atoms with Crippen molar-refractivity contribution >= 4 is 46.6 Å². The molecule has 0 saturated carbocycles. The fourth-order valence-electron chi connectivity index (χ4n) is 2.73. The van der Waals surface area contributed by atoms with E-state index in [4.69, 9.17) is 12.2 Å². The van der Waals surface area contributed by atoms with Crippen LogP contribution in [0.25, 0.3) is 0 Å². The highest BCUT2D eigenvalue weighted by molar-refractivity contribution is 8.01. The van der Waals surface area contributed by atoms with Gasteiger partial charge in [0.15, 0.2) is 5.11 Å². The first-order valence-electron chi connectivity index (χ1n) is 9.38. The summed E-state index contributed by atoms with van der Waals surface area (Å²) in [7, 11) is 0. The standard InChI is InChI=1S/C19H28N4O2S2/c1-3-4-5-8-13(2)12-20-19(26)23-22-17(24)11-16-18(25)21-14-9-6-7-10-15(14)27-16/h6-7,9-10,13,16H,3-5,8,11-12H2,1-2H3,(H,21,25)(H,22,24)(H2,20,23,26)/t13-,16+/m1/s1. The van der Waals surface area contributed by atoms with Gasteiger partial charge in [0, 0.05) is 17.9 Å². The largest absolute Gasteiger partial charge is 0.361 e. The zero-order valence-corrected chi connectivity index (χ0v) is 17.5. The normalized spacial score (nSPS) is 16.7. The van der Waals surface area contributed by atoms with Crippen LogP contribution in [-0.2, 0) is 9.59 Å². The van der Waals surface area contributed by atoms with Crippen LogP contribution in [0.5, 0.6) is 0 Å². The fraction of sp³-hybridized carbons (Fsp3) is 0.526. The number of thioether (sulfide) groups is 1. The first-order chi connectivity index (χ1) is 13.0. The van der Waals surface area contributed by atoms with Crippen molar-refractivity contribution in [2.24, 2.45) is 5.92 Å². The van der Waals surface area contributed by atoms with E-state index >= 15 is 0 Å². The lowest BCUT2D eigenvalue weighted by Gasteiger charge is -2.23. The quantitative estimate of drug-likeness (QED) is 0.300. The maximum absolute atomic E-state index is 12.1. The molecule has 0 aliphatic carbocycles. The fourth-order valence-corrected chi connectivity index (χ4v) is 3.97. The van der Waals surface area contributed by atoms with Crippen molar-refractivity contribution in [1.29, 1.82) is 0 Å². The molecule has 0 bridgehead atoms. The summed E-state index contributed by atoms with van der Waals surface area (Å²) in [5, 5.41) is 5.88. The van der Waals surface area contributed by atoms with Gasteiger partial charge in [-0.3, -0.25) is 20.4 Å². The zero-order valence-electron chi connectivity index (χ0n) is 15.8. The second-order valence-electron chi connectivity index (χ2n) is 6.78. The second kappa shape index (κ2) is 11.1. The highest BCUT2D eigenvalue weighted by Crippen LogP contribution is 2.36. The molecule has 0 fully saturated rings. The van der Waals surface area contributed by atoms with Crippen LogP contribution in [-0.4, -0.2) is 28.7 Å². The van der Waals surface area contributed by atoms with E-state index in [9.17, 15) is 9.59 Å². The number of carbonyl (C=O) groups excluding carboxylic acids is 2. The van der Waals surface area contributed by atoms with Crippen LogP contribution >= 0.6 is 24.0 Å². The van der Waals surface area contributed by atoms with E-state index in [0.29, 0.717) is 11.0 Å². The van der Waals surface area contributed by atoms with Gasteiger partial charge in [0.1, 0.15) is 0 Å². The Kier molecular flexibility index (Phi) is 8.87. The second-order valence-corrected chi connectivity index (χ2v) is 8.43. The number of benzene rings is 1. The number of rotatable bonds is 8. The van der Waals surface area contributed by atoms with Gasteiger partial charge in [-0.05, 0) is 36.7 Å². The number of hydrazine groups is 1. The summed E-state index contributed by atoms with van der Waals surface area (Å²) >= 11 is 6.59. The van der Waals surface area contributed by atoms with Gasteiger partial charge in [0.25, 0.3) is 0 Å². The van der Waals surface area contributed by atoms with Crippen molar-refractivity contribution in [1.82, 2.24) is 16.2 Å². The van der Waals surface area contributed by atoms with Crippen LogP contribution in [0.2, 0.25) is 0 Å². The molecule has 6 nitrogen and oxygen atoms in total. The predicted octanol–water partition coefficient (Wildman–Crippen LogP) is 3.20. The Morgan fingerprint density at radius 3 is 2.85 bits per heavy atom. The van der Waals surface area contributed by atoms with Crippen LogP contribution in [0, 0.1) is 5.92 Å². The van der Waals surface area contributed by atoms with Crippen LogP contribution < -0.4 is 21.5 Å². The molecule has 2 rings (SSSR count). The Labute approximate surface area is 170 Å². The van der Waals surface area contributed by atoms with Crippen LogP contribution in [0.3, 0.4) is 0 Å². The Bertz CT molecular complexity index is 669. The van der Waals surface area contributed by atoms with Gasteiger partial charge in [-0.25, -0.2) is 0 Å². The molecule has 8 heteroatoms. The van der Waals surface area contributed by atoms with Crippen LogP contribution in [0.15, 0.2) is 29.2 Å². The number of hydrogen-bond acceptors (Lipinski definition) is 4. The van der Waals surface area contributed by atoms with Gasteiger partial charge < -0.3 is 10.6 Å². The summed E-state index contributed by atoms with van der Waals surface area (Å²) in [6.07, 6.45) is 4.93. The minimum absolute atomic E-state index is 0.0773. The Morgan fingerprint density at radius 1 is 1.30 bits per heavy atom. The van der Waals surface area contributed by atoms with E-state index in [-0.39, 0.29) is 18.2 Å². The lowest BCUT2D eigenvalue weighted by molar-refractivity contribution is -0.124. The Morgan fingerprint density at radius 2 is 2.07 bits per heavy atom. The number of nitrogens with one attached hydrogen (secondary N) is 4. The van der Waals surface area contributed by atoms with Gasteiger partial charge in [-0.2, -0.15) is 0 Å². The molecule has 2 amide bonds. The summed E-state index contributed by atoms with van der Waals surface area (Å²) < 4.78 is 0. The predicted molar refractivity (Wildman–Crippen MR) is 115 cm³/mol. The SMILES string of the molecule is CCCCC[C@@H](C)CNC(=S)NNC(=O)C[C@@H]1Sc2ccccc2NC1=O. The van der Waals surface area contributed by atoms with E-state index in [1.54, 1.807) is 0 Å². The summed E-state index contributed by atoms with van der Waals surface area (Å²) in [6.45, 7) is 5.14. The average Bonchev–Trinajstić information content (AvgIpc) is 2.65. The van der Waals surface area contributed by atoms with Crippen molar-refractivity contribution < 1.29 is 9.59 Å². The third-order valence-corrected chi connectivity index (χ3v) is 5.83. The van der Waals surface area contributed by atoms with Gasteiger partial charge in [0.05, 0.1) is 10.9 Å². The smallest absolute Gasteiger partial charge is 0.240 e. The van der Waals surface area contributed by atoms with Gasteiger partial charge in [-0.15, -0.1) is 11.8 Å². The third kappa shape index (κ3) is 7.38. The molecule has 1 aromatic rings. The topological polar surface area (TPSA) is 82.3 Å². The van der Waals surface area contributed by atoms with E-state index in [2.05, 4.69) is 35.3 Å². The van der Waals surface area contributed by atoms with Gasteiger partial charge in [-0.1, -0.05) is 45.2 Å². The number of para-hydroxylation sites is 1. The lowest BCUT2D eigenvalue weighted by Crippen LogP contribution is -2.48. The van der Waals surface area contributed by atoms with Crippen LogP contribution in [0.1, 0.15) is 46.0 Å². The molecule has 148 valence electrons. The number of anilines is 1. The van der Waals surface area contributed by atoms with E-state index < -0.39 is 5.25 Å². The number of amides is 2. The Balaban J connectivity index is 1.67. The Hall–Kier alpha value is -1.80. The zero-order chi connectivity index (χ0) is 19.6. The molecule has 4 N–H and O–H groups in total. The van der Waals surface area contributed by atoms with Crippen molar-refractivity contribution in [2.45, 2.75) is 56.1 Å². The summed E-state index contributed by atoms with van der Waals surface area (Å²) in [4.78, 5) is 25.2. The molecular weight excluding hydrogens is 380 g/mol. The molecule has 1 aliphatic heterocycles. The molecule has 1 aromatic carbocycles.